The molecule has 1 atom stereocenters. The third kappa shape index (κ3) is 5.43. The van der Waals surface area contributed by atoms with Crippen molar-refractivity contribution in [2.24, 2.45) is 0 Å². The van der Waals surface area contributed by atoms with E-state index in [0.717, 1.165) is 11.1 Å². The van der Waals surface area contributed by atoms with Crippen molar-refractivity contribution in [2.75, 3.05) is 7.11 Å². The average molecular weight is 340 g/mol. The molecule has 0 spiro atoms. The van der Waals surface area contributed by atoms with E-state index >= 15 is 0 Å². The highest BCUT2D eigenvalue weighted by Gasteiger charge is 2.20. The number of methoxy groups -OCH3 is 1. The monoisotopic (exact) mass is 340 g/mol. The first-order valence-corrected chi connectivity index (χ1v) is 8.27. The van der Waals surface area contributed by atoms with Crippen LogP contribution in [0.5, 0.6) is 0 Å². The molecule has 0 aliphatic heterocycles. The second-order valence-corrected chi connectivity index (χ2v) is 6.08. The lowest BCUT2D eigenvalue weighted by Gasteiger charge is -2.17. The van der Waals surface area contributed by atoms with Crippen molar-refractivity contribution in [3.63, 3.8) is 0 Å². The maximum Gasteiger partial charge on any atom is 0.327 e. The van der Waals surface area contributed by atoms with Crippen molar-refractivity contribution in [3.8, 4) is 0 Å². The van der Waals surface area contributed by atoms with Crippen LogP contribution < -0.4 is 10.6 Å². The fourth-order valence-corrected chi connectivity index (χ4v) is 2.49. The molecule has 0 fully saturated rings. The molecule has 0 unspecified atom stereocenters. The van der Waals surface area contributed by atoms with Gasteiger partial charge in [0.15, 0.2) is 0 Å². The lowest BCUT2D eigenvalue weighted by molar-refractivity contribution is -0.143. The molecule has 0 heterocycles. The van der Waals surface area contributed by atoms with Crippen molar-refractivity contribution in [1.82, 2.24) is 10.6 Å². The van der Waals surface area contributed by atoms with Crippen molar-refractivity contribution in [3.05, 3.63) is 71.3 Å². The van der Waals surface area contributed by atoms with Crippen LogP contribution in [0.4, 0.5) is 0 Å². The van der Waals surface area contributed by atoms with E-state index < -0.39 is 6.04 Å². The predicted molar refractivity (Wildman–Crippen MR) is 97.1 cm³/mol. The maximum atomic E-state index is 12.1. The van der Waals surface area contributed by atoms with E-state index in [1.165, 1.54) is 7.11 Å². The molecule has 1 amide bonds. The summed E-state index contributed by atoms with van der Waals surface area (Å²) >= 11 is 0. The van der Waals surface area contributed by atoms with Crippen LogP contribution in [-0.4, -0.2) is 25.0 Å². The van der Waals surface area contributed by atoms with Crippen molar-refractivity contribution in [2.45, 2.75) is 32.5 Å². The van der Waals surface area contributed by atoms with Gasteiger partial charge in [-0.2, -0.15) is 0 Å². The second kappa shape index (κ2) is 8.99. The molecular formula is C20H24N2O3. The summed E-state index contributed by atoms with van der Waals surface area (Å²) in [4.78, 5) is 24.2. The first-order chi connectivity index (χ1) is 12.0. The SMILES string of the molecule is COC(=O)[C@H](NCc1cccc(C(=O)NC(C)C)c1)c1ccccc1. The van der Waals surface area contributed by atoms with Gasteiger partial charge in [0.1, 0.15) is 6.04 Å². The molecule has 5 heteroatoms. The van der Waals surface area contributed by atoms with E-state index in [4.69, 9.17) is 4.74 Å². The molecule has 0 radical (unpaired) electrons. The van der Waals surface area contributed by atoms with Gasteiger partial charge in [-0.3, -0.25) is 10.1 Å². The number of esters is 1. The van der Waals surface area contributed by atoms with Gasteiger partial charge in [-0.15, -0.1) is 0 Å². The second-order valence-electron chi connectivity index (χ2n) is 6.08. The van der Waals surface area contributed by atoms with Crippen LogP contribution in [0.1, 0.15) is 41.4 Å². The highest BCUT2D eigenvalue weighted by Crippen LogP contribution is 2.15. The zero-order valence-corrected chi connectivity index (χ0v) is 14.8. The van der Waals surface area contributed by atoms with Crippen LogP contribution in [0.15, 0.2) is 54.6 Å². The van der Waals surface area contributed by atoms with Crippen molar-refractivity contribution < 1.29 is 14.3 Å². The summed E-state index contributed by atoms with van der Waals surface area (Å²) in [7, 11) is 1.37. The van der Waals surface area contributed by atoms with E-state index in [9.17, 15) is 9.59 Å². The number of carbonyl (C=O) groups is 2. The first-order valence-electron chi connectivity index (χ1n) is 8.27. The van der Waals surface area contributed by atoms with Gasteiger partial charge < -0.3 is 10.1 Å². The Bertz CT molecular complexity index is 714. The Labute approximate surface area is 148 Å². The van der Waals surface area contributed by atoms with Gasteiger partial charge in [0, 0.05) is 18.2 Å². The van der Waals surface area contributed by atoms with E-state index in [1.54, 1.807) is 6.07 Å². The Morgan fingerprint density at radius 3 is 2.40 bits per heavy atom. The Balaban J connectivity index is 2.10. The number of nitrogens with one attached hydrogen (secondary N) is 2. The third-order valence-electron chi connectivity index (χ3n) is 3.69. The molecule has 0 saturated carbocycles. The van der Waals surface area contributed by atoms with E-state index in [0.29, 0.717) is 12.1 Å². The Hall–Kier alpha value is -2.66. The quantitative estimate of drug-likeness (QED) is 0.761. The van der Waals surface area contributed by atoms with Crippen LogP contribution in [0.2, 0.25) is 0 Å². The van der Waals surface area contributed by atoms with Crippen LogP contribution >= 0.6 is 0 Å². The van der Waals surface area contributed by atoms with Gasteiger partial charge in [-0.25, -0.2) is 4.79 Å². The number of carbonyl (C=O) groups excluding carboxylic acids is 2. The van der Waals surface area contributed by atoms with Crippen LogP contribution in [0, 0.1) is 0 Å². The normalized spacial score (nSPS) is 11.8. The minimum atomic E-state index is -0.556. The van der Waals surface area contributed by atoms with Gasteiger partial charge in [0.2, 0.25) is 0 Å². The number of ether oxygens (including phenoxy) is 1. The number of amides is 1. The lowest BCUT2D eigenvalue weighted by atomic mass is 10.1. The summed E-state index contributed by atoms with van der Waals surface area (Å²) in [6.07, 6.45) is 0. The molecule has 2 aromatic carbocycles. The molecule has 2 aromatic rings. The van der Waals surface area contributed by atoms with Crippen LogP contribution in [0.25, 0.3) is 0 Å². The maximum absolute atomic E-state index is 12.1. The molecule has 5 nitrogen and oxygen atoms in total. The molecule has 0 aliphatic rings. The fraction of sp³-hybridized carbons (Fsp3) is 0.300. The standard InChI is InChI=1S/C20H24N2O3/c1-14(2)22-19(23)17-11-7-8-15(12-17)13-21-18(20(24)25-3)16-9-5-4-6-10-16/h4-12,14,18,21H,13H2,1-3H3,(H,22,23)/t18-/m1/s1. The molecule has 2 N–H and O–H groups in total. The molecular weight excluding hydrogens is 316 g/mol. The van der Waals surface area contributed by atoms with Gasteiger partial charge in [0.05, 0.1) is 7.11 Å². The molecule has 0 bridgehead atoms. The minimum Gasteiger partial charge on any atom is -0.468 e. The summed E-state index contributed by atoms with van der Waals surface area (Å²) in [5, 5.41) is 6.07. The van der Waals surface area contributed by atoms with Gasteiger partial charge in [0.25, 0.3) is 5.91 Å². The average Bonchev–Trinajstić information content (AvgIpc) is 2.62. The number of benzene rings is 2. The van der Waals surface area contributed by atoms with Crippen molar-refractivity contribution in [1.29, 1.82) is 0 Å². The highest BCUT2D eigenvalue weighted by atomic mass is 16.5. The zero-order valence-electron chi connectivity index (χ0n) is 14.8. The zero-order chi connectivity index (χ0) is 18.2. The van der Waals surface area contributed by atoms with E-state index in [2.05, 4.69) is 10.6 Å². The predicted octanol–water partition coefficient (Wildman–Crippen LogP) is 2.83. The lowest BCUT2D eigenvalue weighted by Crippen LogP contribution is -2.31. The topological polar surface area (TPSA) is 67.4 Å². The largest absolute Gasteiger partial charge is 0.468 e. The van der Waals surface area contributed by atoms with E-state index in [1.807, 2.05) is 62.4 Å². The van der Waals surface area contributed by atoms with Crippen LogP contribution in [-0.2, 0) is 16.1 Å². The highest BCUT2D eigenvalue weighted by molar-refractivity contribution is 5.94. The fourth-order valence-electron chi connectivity index (χ4n) is 2.49. The smallest absolute Gasteiger partial charge is 0.327 e. The van der Waals surface area contributed by atoms with Gasteiger partial charge in [-0.05, 0) is 37.1 Å². The molecule has 0 aromatic heterocycles. The molecule has 0 aliphatic carbocycles. The molecule has 132 valence electrons. The summed E-state index contributed by atoms with van der Waals surface area (Å²) in [5.74, 6) is -0.454. The van der Waals surface area contributed by atoms with Gasteiger partial charge >= 0.3 is 5.97 Å². The van der Waals surface area contributed by atoms with Gasteiger partial charge in [-0.1, -0.05) is 42.5 Å². The number of hydrogen-bond acceptors (Lipinski definition) is 4. The summed E-state index contributed by atoms with van der Waals surface area (Å²) in [5.41, 5.74) is 2.35. The summed E-state index contributed by atoms with van der Waals surface area (Å²) < 4.78 is 4.90. The van der Waals surface area contributed by atoms with Crippen LogP contribution in [0.3, 0.4) is 0 Å². The molecule has 25 heavy (non-hydrogen) atoms. The molecule has 2 rings (SSSR count). The Kier molecular flexibility index (Phi) is 6.71. The number of rotatable bonds is 7. The summed E-state index contributed by atoms with van der Waals surface area (Å²) in [6, 6.07) is 16.3. The Morgan fingerprint density at radius 1 is 1.04 bits per heavy atom. The third-order valence-corrected chi connectivity index (χ3v) is 3.69. The number of hydrogen-bond donors (Lipinski definition) is 2. The first kappa shape index (κ1) is 18.7. The molecule has 0 saturated heterocycles. The summed E-state index contributed by atoms with van der Waals surface area (Å²) in [6.45, 7) is 4.28. The van der Waals surface area contributed by atoms with E-state index in [-0.39, 0.29) is 17.9 Å². The van der Waals surface area contributed by atoms with Crippen molar-refractivity contribution >= 4 is 11.9 Å². The Morgan fingerprint density at radius 2 is 1.76 bits per heavy atom. The minimum absolute atomic E-state index is 0.0797.